The van der Waals surface area contributed by atoms with E-state index in [1.54, 1.807) is 0 Å². The van der Waals surface area contributed by atoms with Crippen LogP contribution in [0.3, 0.4) is 0 Å². The van der Waals surface area contributed by atoms with Crippen molar-refractivity contribution in [2.75, 3.05) is 0 Å². The Hall–Kier alpha value is 0.830. The van der Waals surface area contributed by atoms with Crippen LogP contribution in [-0.4, -0.2) is 20.4 Å². The van der Waals surface area contributed by atoms with Crippen molar-refractivity contribution in [2.24, 2.45) is 4.99 Å². The molecule has 0 radical (unpaired) electrons. The molecule has 1 aliphatic rings. The summed E-state index contributed by atoms with van der Waals surface area (Å²) in [7, 11) is 0. The maximum Gasteiger partial charge on any atom is 0.161 e. The molecule has 0 spiro atoms. The van der Waals surface area contributed by atoms with Crippen LogP contribution in [0.1, 0.15) is 20.3 Å². The van der Waals surface area contributed by atoms with Crippen LogP contribution >= 0.6 is 46.4 Å². The van der Waals surface area contributed by atoms with E-state index in [-0.39, 0.29) is 6.04 Å². The Kier molecular flexibility index (Phi) is 2.91. The van der Waals surface area contributed by atoms with Crippen LogP contribution < -0.4 is 0 Å². The minimum absolute atomic E-state index is 0.106. The monoisotopic (exact) mass is 247 g/mol. The second-order valence-corrected chi connectivity index (χ2v) is 6.12. The average molecular weight is 249 g/mol. The number of halogens is 4. The van der Waals surface area contributed by atoms with Crippen molar-refractivity contribution in [1.29, 1.82) is 0 Å². The molecule has 0 aliphatic heterocycles. The molecular weight excluding hydrogens is 240 g/mol. The van der Waals surface area contributed by atoms with E-state index in [0.717, 1.165) is 0 Å². The van der Waals surface area contributed by atoms with Gasteiger partial charge < -0.3 is 0 Å². The second-order valence-electron chi connectivity index (χ2n) is 3.16. The van der Waals surface area contributed by atoms with Gasteiger partial charge in [0.15, 0.2) is 8.67 Å². The van der Waals surface area contributed by atoms with Crippen molar-refractivity contribution in [3.05, 3.63) is 0 Å². The molecule has 0 saturated heterocycles. The molecule has 1 rings (SSSR count). The number of aliphatic imine (C=N–C) groups is 1. The molecule has 0 aromatic carbocycles. The summed E-state index contributed by atoms with van der Waals surface area (Å²) in [6, 6.07) is 0.106. The summed E-state index contributed by atoms with van der Waals surface area (Å²) in [4.78, 5) is 4.18. The molecule has 0 bridgehead atoms. The molecule has 0 unspecified atom stereocenters. The zero-order chi connectivity index (χ0) is 9.57. The first-order chi connectivity index (χ1) is 5.26. The van der Waals surface area contributed by atoms with Crippen molar-refractivity contribution in [3.63, 3.8) is 0 Å². The van der Waals surface area contributed by atoms with Gasteiger partial charge in [-0.15, -0.1) is 0 Å². The zero-order valence-electron chi connectivity index (χ0n) is 6.74. The third-order valence-electron chi connectivity index (χ3n) is 1.52. The number of hydrogen-bond donors (Lipinski definition) is 0. The lowest BCUT2D eigenvalue weighted by Gasteiger charge is -2.43. The van der Waals surface area contributed by atoms with Gasteiger partial charge in [-0.1, -0.05) is 46.4 Å². The Labute approximate surface area is 92.0 Å². The maximum atomic E-state index is 5.86. The molecule has 1 fully saturated rings. The molecule has 70 valence electrons. The topological polar surface area (TPSA) is 12.4 Å². The largest absolute Gasteiger partial charge is 0.285 e. The smallest absolute Gasteiger partial charge is 0.161 e. The molecule has 0 aromatic rings. The highest BCUT2D eigenvalue weighted by molar-refractivity contribution is 6.74. The first-order valence-corrected chi connectivity index (χ1v) is 5.11. The minimum atomic E-state index is -0.965. The molecule has 0 aromatic heterocycles. The van der Waals surface area contributed by atoms with Crippen molar-refractivity contribution < 1.29 is 0 Å². The number of alkyl halides is 4. The van der Waals surface area contributed by atoms with Gasteiger partial charge in [0, 0.05) is 12.5 Å². The third-order valence-corrected chi connectivity index (χ3v) is 2.77. The first-order valence-electron chi connectivity index (χ1n) is 3.60. The van der Waals surface area contributed by atoms with E-state index in [1.165, 1.54) is 0 Å². The molecule has 0 amide bonds. The van der Waals surface area contributed by atoms with Crippen molar-refractivity contribution in [3.8, 4) is 0 Å². The minimum Gasteiger partial charge on any atom is -0.285 e. The molecule has 0 atom stereocenters. The Balaban J connectivity index is 2.86. The van der Waals surface area contributed by atoms with E-state index in [0.29, 0.717) is 12.1 Å². The summed E-state index contributed by atoms with van der Waals surface area (Å²) in [6.07, 6.45) is 0.331. The fourth-order valence-electron chi connectivity index (χ4n) is 1.05. The van der Waals surface area contributed by atoms with Crippen LogP contribution in [0.15, 0.2) is 4.99 Å². The van der Waals surface area contributed by atoms with E-state index >= 15 is 0 Å². The summed E-state index contributed by atoms with van der Waals surface area (Å²) < 4.78 is -1.93. The molecule has 12 heavy (non-hydrogen) atoms. The molecule has 1 nitrogen and oxygen atoms in total. The number of hydrogen-bond acceptors (Lipinski definition) is 1. The first kappa shape index (κ1) is 10.9. The lowest BCUT2D eigenvalue weighted by atomic mass is 9.93. The van der Waals surface area contributed by atoms with Crippen LogP contribution in [0.5, 0.6) is 0 Å². The standard InChI is InChI=1S/C7H9Cl4N/c1-4(2)12-5-6(8,9)3-7(5,10)11/h4H,3H2,1-2H3. The predicted molar refractivity (Wildman–Crippen MR) is 56.1 cm³/mol. The van der Waals surface area contributed by atoms with Gasteiger partial charge in [0.05, 0.1) is 5.71 Å². The molecule has 1 saturated carbocycles. The quantitative estimate of drug-likeness (QED) is 0.629. The number of rotatable bonds is 1. The Morgan fingerprint density at radius 2 is 1.58 bits per heavy atom. The van der Waals surface area contributed by atoms with E-state index < -0.39 is 8.67 Å². The lowest BCUT2D eigenvalue weighted by molar-refractivity contribution is 0.687. The van der Waals surface area contributed by atoms with Crippen LogP contribution in [0, 0.1) is 0 Å². The SMILES string of the molecule is CC(C)N=C1C(Cl)(Cl)CC1(Cl)Cl. The molecule has 1 aliphatic carbocycles. The van der Waals surface area contributed by atoms with Gasteiger partial charge >= 0.3 is 0 Å². The number of nitrogens with zero attached hydrogens (tertiary/aromatic N) is 1. The fourth-order valence-corrected chi connectivity index (χ4v) is 3.16. The van der Waals surface area contributed by atoms with Gasteiger partial charge in [-0.05, 0) is 13.8 Å². The average Bonchev–Trinajstić information content (AvgIpc) is 1.80. The van der Waals surface area contributed by atoms with Gasteiger partial charge in [-0.3, -0.25) is 4.99 Å². The van der Waals surface area contributed by atoms with Crippen LogP contribution in [0.4, 0.5) is 0 Å². The van der Waals surface area contributed by atoms with Crippen LogP contribution in [0.2, 0.25) is 0 Å². The van der Waals surface area contributed by atoms with E-state index in [9.17, 15) is 0 Å². The van der Waals surface area contributed by atoms with Gasteiger partial charge in [0.2, 0.25) is 0 Å². The Bertz CT molecular complexity index is 203. The Morgan fingerprint density at radius 1 is 1.17 bits per heavy atom. The zero-order valence-corrected chi connectivity index (χ0v) is 9.77. The summed E-state index contributed by atoms with van der Waals surface area (Å²) in [5.41, 5.74) is 0.469. The summed E-state index contributed by atoms with van der Waals surface area (Å²) in [5.74, 6) is 0. The summed E-state index contributed by atoms with van der Waals surface area (Å²) in [5, 5.41) is 0. The molecule has 0 heterocycles. The predicted octanol–water partition coefficient (Wildman–Crippen LogP) is 3.59. The van der Waals surface area contributed by atoms with E-state index in [4.69, 9.17) is 46.4 Å². The Morgan fingerprint density at radius 3 is 1.75 bits per heavy atom. The van der Waals surface area contributed by atoms with Gasteiger partial charge in [-0.2, -0.15) is 0 Å². The highest BCUT2D eigenvalue weighted by atomic mass is 35.5. The van der Waals surface area contributed by atoms with Gasteiger partial charge in [0.25, 0.3) is 0 Å². The summed E-state index contributed by atoms with van der Waals surface area (Å²) >= 11 is 23.5. The maximum absolute atomic E-state index is 5.86. The molecule has 5 heteroatoms. The van der Waals surface area contributed by atoms with Crippen molar-refractivity contribution >= 4 is 52.1 Å². The second kappa shape index (κ2) is 3.20. The molecule has 0 N–H and O–H groups in total. The van der Waals surface area contributed by atoms with Gasteiger partial charge in [-0.25, -0.2) is 0 Å². The highest BCUT2D eigenvalue weighted by Gasteiger charge is 2.58. The van der Waals surface area contributed by atoms with Gasteiger partial charge in [0.1, 0.15) is 0 Å². The van der Waals surface area contributed by atoms with E-state index in [1.807, 2.05) is 13.8 Å². The molecular formula is C7H9Cl4N. The third kappa shape index (κ3) is 2.01. The van der Waals surface area contributed by atoms with Crippen LogP contribution in [0.25, 0.3) is 0 Å². The van der Waals surface area contributed by atoms with E-state index in [2.05, 4.69) is 4.99 Å². The van der Waals surface area contributed by atoms with Crippen molar-refractivity contribution in [2.45, 2.75) is 35.0 Å². The highest BCUT2D eigenvalue weighted by Crippen LogP contribution is 2.53. The van der Waals surface area contributed by atoms with Crippen molar-refractivity contribution in [1.82, 2.24) is 0 Å². The fraction of sp³-hybridized carbons (Fsp3) is 0.857. The van der Waals surface area contributed by atoms with Crippen LogP contribution in [-0.2, 0) is 0 Å². The normalized spacial score (nSPS) is 25.4. The summed E-state index contributed by atoms with van der Waals surface area (Å²) in [6.45, 7) is 3.83. The lowest BCUT2D eigenvalue weighted by Crippen LogP contribution is -2.55.